The minimum absolute atomic E-state index is 0.872. The molecule has 0 aliphatic heterocycles. The smallest absolute Gasteiger partial charge is 0.0590 e. The molecule has 0 saturated heterocycles. The van der Waals surface area contributed by atoms with Gasteiger partial charge in [0.2, 0.25) is 0 Å². The van der Waals surface area contributed by atoms with Crippen molar-refractivity contribution in [2.24, 2.45) is 11.8 Å². The molecule has 0 spiro atoms. The van der Waals surface area contributed by atoms with Crippen molar-refractivity contribution < 1.29 is 4.74 Å². The number of hydrogen-bond acceptors (Lipinski definition) is 2. The molecule has 0 amide bonds. The lowest BCUT2D eigenvalue weighted by molar-refractivity contribution is 0.134. The van der Waals surface area contributed by atoms with E-state index in [-0.39, 0.29) is 0 Å². The van der Waals surface area contributed by atoms with Crippen LogP contribution in [0.15, 0.2) is 0 Å². The summed E-state index contributed by atoms with van der Waals surface area (Å²) < 4.78 is 5.43. The molecule has 1 N–H and O–H groups in total. The molecule has 0 heterocycles. The third kappa shape index (κ3) is 6.16. The van der Waals surface area contributed by atoms with Gasteiger partial charge in [0.15, 0.2) is 0 Å². The van der Waals surface area contributed by atoms with Crippen molar-refractivity contribution in [2.45, 2.75) is 46.0 Å². The van der Waals surface area contributed by atoms with Crippen molar-refractivity contribution >= 4 is 0 Å². The molecule has 1 aliphatic rings. The maximum absolute atomic E-state index is 5.43. The van der Waals surface area contributed by atoms with Gasteiger partial charge < -0.3 is 10.1 Å². The predicted molar refractivity (Wildman–Crippen MR) is 65.1 cm³/mol. The van der Waals surface area contributed by atoms with Crippen LogP contribution in [-0.2, 0) is 4.74 Å². The Balaban J connectivity index is 1.87. The van der Waals surface area contributed by atoms with Gasteiger partial charge in [-0.05, 0) is 37.6 Å². The van der Waals surface area contributed by atoms with E-state index in [0.29, 0.717) is 0 Å². The summed E-state index contributed by atoms with van der Waals surface area (Å²) in [5, 5.41) is 3.50. The average Bonchev–Trinajstić information content (AvgIpc) is 2.26. The molecule has 90 valence electrons. The summed E-state index contributed by atoms with van der Waals surface area (Å²) >= 11 is 0. The molecule has 0 aromatic carbocycles. The van der Waals surface area contributed by atoms with E-state index in [4.69, 9.17) is 4.74 Å². The lowest BCUT2D eigenvalue weighted by atomic mass is 9.83. The van der Waals surface area contributed by atoms with Gasteiger partial charge in [0.1, 0.15) is 0 Å². The number of rotatable bonds is 7. The molecule has 0 bridgehead atoms. The average molecular weight is 213 g/mol. The summed E-state index contributed by atoms with van der Waals surface area (Å²) in [6, 6.07) is 0. The van der Waals surface area contributed by atoms with Gasteiger partial charge in [0, 0.05) is 13.2 Å². The summed E-state index contributed by atoms with van der Waals surface area (Å²) in [6.07, 6.45) is 6.83. The first kappa shape index (κ1) is 13.0. The van der Waals surface area contributed by atoms with Crippen LogP contribution in [0.5, 0.6) is 0 Å². The maximum atomic E-state index is 5.43. The predicted octanol–water partition coefficient (Wildman–Crippen LogP) is 2.83. The fraction of sp³-hybridized carbons (Fsp3) is 1.00. The van der Waals surface area contributed by atoms with Crippen molar-refractivity contribution in [3.8, 4) is 0 Å². The summed E-state index contributed by atoms with van der Waals surface area (Å²) in [5.74, 6) is 1.89. The van der Waals surface area contributed by atoms with E-state index in [2.05, 4.69) is 19.2 Å². The molecule has 2 nitrogen and oxygen atoms in total. The molecule has 1 fully saturated rings. The van der Waals surface area contributed by atoms with Gasteiger partial charge in [-0.25, -0.2) is 0 Å². The molecular formula is C13H27NO. The van der Waals surface area contributed by atoms with Gasteiger partial charge in [-0.1, -0.05) is 26.7 Å². The van der Waals surface area contributed by atoms with Crippen LogP contribution >= 0.6 is 0 Å². The van der Waals surface area contributed by atoms with Crippen LogP contribution < -0.4 is 5.32 Å². The quantitative estimate of drug-likeness (QED) is 0.657. The Morgan fingerprint density at radius 1 is 1.13 bits per heavy atom. The van der Waals surface area contributed by atoms with Crippen molar-refractivity contribution in [1.82, 2.24) is 5.32 Å². The van der Waals surface area contributed by atoms with E-state index < -0.39 is 0 Å². The Kier molecular flexibility index (Phi) is 7.03. The second-order valence-corrected chi connectivity index (χ2v) is 4.94. The van der Waals surface area contributed by atoms with Crippen LogP contribution in [0.2, 0.25) is 0 Å². The highest BCUT2D eigenvalue weighted by Crippen LogP contribution is 2.27. The second kappa shape index (κ2) is 8.12. The Labute approximate surface area is 94.8 Å². The van der Waals surface area contributed by atoms with E-state index >= 15 is 0 Å². The van der Waals surface area contributed by atoms with E-state index in [1.165, 1.54) is 32.2 Å². The van der Waals surface area contributed by atoms with Crippen LogP contribution in [0.4, 0.5) is 0 Å². The lowest BCUT2D eigenvalue weighted by Crippen LogP contribution is -2.28. The highest BCUT2D eigenvalue weighted by atomic mass is 16.5. The zero-order valence-corrected chi connectivity index (χ0v) is 10.4. The van der Waals surface area contributed by atoms with Crippen molar-refractivity contribution in [3.63, 3.8) is 0 Å². The first-order valence-electron chi connectivity index (χ1n) is 6.61. The summed E-state index contributed by atoms with van der Waals surface area (Å²) in [7, 11) is 0. The molecule has 0 radical (unpaired) electrons. The Morgan fingerprint density at radius 2 is 1.87 bits per heavy atom. The van der Waals surface area contributed by atoms with E-state index in [1.807, 2.05) is 0 Å². The van der Waals surface area contributed by atoms with E-state index in [0.717, 1.165) is 38.0 Å². The molecule has 1 rings (SSSR count). The van der Waals surface area contributed by atoms with Crippen LogP contribution in [-0.4, -0.2) is 26.3 Å². The van der Waals surface area contributed by atoms with Crippen LogP contribution in [0.1, 0.15) is 46.0 Å². The highest BCUT2D eigenvalue weighted by Gasteiger charge is 2.17. The summed E-state index contributed by atoms with van der Waals surface area (Å²) in [6.45, 7) is 8.52. The SMILES string of the molecule is CCCOCCNCC1CCC(C)CC1. The molecule has 1 aliphatic carbocycles. The van der Waals surface area contributed by atoms with Crippen molar-refractivity contribution in [1.29, 1.82) is 0 Å². The third-order valence-corrected chi connectivity index (χ3v) is 3.34. The zero-order valence-electron chi connectivity index (χ0n) is 10.4. The summed E-state index contributed by atoms with van der Waals surface area (Å²) in [4.78, 5) is 0. The largest absolute Gasteiger partial charge is 0.380 e. The van der Waals surface area contributed by atoms with Crippen molar-refractivity contribution in [2.75, 3.05) is 26.3 Å². The monoisotopic (exact) mass is 213 g/mol. The molecule has 1 saturated carbocycles. The van der Waals surface area contributed by atoms with E-state index in [9.17, 15) is 0 Å². The fourth-order valence-electron chi connectivity index (χ4n) is 2.23. The Morgan fingerprint density at radius 3 is 2.53 bits per heavy atom. The molecule has 0 unspecified atom stereocenters. The van der Waals surface area contributed by atoms with Gasteiger partial charge >= 0.3 is 0 Å². The maximum Gasteiger partial charge on any atom is 0.0590 e. The van der Waals surface area contributed by atoms with Gasteiger partial charge in [0.05, 0.1) is 6.61 Å². The number of hydrogen-bond donors (Lipinski definition) is 1. The van der Waals surface area contributed by atoms with Gasteiger partial charge in [-0.3, -0.25) is 0 Å². The molecule has 2 heteroatoms. The lowest BCUT2D eigenvalue weighted by Gasteiger charge is -2.26. The van der Waals surface area contributed by atoms with Crippen LogP contribution in [0.25, 0.3) is 0 Å². The molecule has 15 heavy (non-hydrogen) atoms. The van der Waals surface area contributed by atoms with Gasteiger partial charge in [-0.15, -0.1) is 0 Å². The first-order chi connectivity index (χ1) is 7.33. The second-order valence-electron chi connectivity index (χ2n) is 4.94. The van der Waals surface area contributed by atoms with Gasteiger partial charge in [0.25, 0.3) is 0 Å². The Bertz CT molecular complexity index is 141. The van der Waals surface area contributed by atoms with Crippen LogP contribution in [0, 0.1) is 11.8 Å². The minimum Gasteiger partial charge on any atom is -0.380 e. The van der Waals surface area contributed by atoms with Crippen LogP contribution in [0.3, 0.4) is 0 Å². The first-order valence-corrected chi connectivity index (χ1v) is 6.61. The highest BCUT2D eigenvalue weighted by molar-refractivity contribution is 4.71. The summed E-state index contributed by atoms with van der Waals surface area (Å²) in [5.41, 5.74) is 0. The fourth-order valence-corrected chi connectivity index (χ4v) is 2.23. The zero-order chi connectivity index (χ0) is 10.9. The number of nitrogens with one attached hydrogen (secondary N) is 1. The third-order valence-electron chi connectivity index (χ3n) is 3.34. The standard InChI is InChI=1S/C13H27NO/c1-3-9-15-10-8-14-11-13-6-4-12(2)5-7-13/h12-14H,3-11H2,1-2H3. The van der Waals surface area contributed by atoms with E-state index in [1.54, 1.807) is 0 Å². The normalized spacial score (nSPS) is 26.8. The van der Waals surface area contributed by atoms with Crippen molar-refractivity contribution in [3.05, 3.63) is 0 Å². The minimum atomic E-state index is 0.872. The molecule has 0 atom stereocenters. The topological polar surface area (TPSA) is 21.3 Å². The molecule has 0 aromatic heterocycles. The molecular weight excluding hydrogens is 186 g/mol. The van der Waals surface area contributed by atoms with Gasteiger partial charge in [-0.2, -0.15) is 0 Å². The number of ether oxygens (including phenoxy) is 1. The molecule has 0 aromatic rings. The Hall–Kier alpha value is -0.0800.